The minimum absolute atomic E-state index is 0.137. The van der Waals surface area contributed by atoms with Crippen LogP contribution >= 0.6 is 15.9 Å². The van der Waals surface area contributed by atoms with Gasteiger partial charge in [-0.15, -0.1) is 0 Å². The number of benzene rings is 1. The summed E-state index contributed by atoms with van der Waals surface area (Å²) in [6, 6.07) is 3.67. The van der Waals surface area contributed by atoms with Crippen molar-refractivity contribution in [1.29, 1.82) is 0 Å². The summed E-state index contributed by atoms with van der Waals surface area (Å²) in [4.78, 5) is 18.1. The van der Waals surface area contributed by atoms with Crippen LogP contribution in [0.3, 0.4) is 0 Å². The van der Waals surface area contributed by atoms with Crippen LogP contribution in [-0.2, 0) is 0 Å². The van der Waals surface area contributed by atoms with Crippen LogP contribution < -0.4 is 11.3 Å². The van der Waals surface area contributed by atoms with Crippen LogP contribution in [0.25, 0.3) is 10.9 Å². The van der Waals surface area contributed by atoms with E-state index in [2.05, 4.69) is 25.9 Å². The Morgan fingerprint density at radius 1 is 1.50 bits per heavy atom. The molecule has 1 aromatic carbocycles. The zero-order chi connectivity index (χ0) is 10.3. The van der Waals surface area contributed by atoms with Gasteiger partial charge in [-0.1, -0.05) is 6.07 Å². The van der Waals surface area contributed by atoms with Crippen LogP contribution in [0.5, 0.6) is 0 Å². The third-order valence-electron chi connectivity index (χ3n) is 2.02. The molecule has 0 aliphatic carbocycles. The number of aromatic amines is 1. The molecule has 0 saturated heterocycles. The number of halogens is 1. The SMILES string of the molecule is Cc1ccc2nc(N)[nH]c(=O)c2c1Br. The number of anilines is 1. The molecule has 1 aromatic heterocycles. The molecule has 14 heavy (non-hydrogen) atoms. The standard InChI is InChI=1S/C9H8BrN3O/c1-4-2-3-5-6(7(4)10)8(14)13-9(11)12-5/h2-3H,1H3,(H3,11,12,13,14). The Labute approximate surface area is 88.3 Å². The van der Waals surface area contributed by atoms with E-state index in [9.17, 15) is 4.79 Å². The lowest BCUT2D eigenvalue weighted by Gasteiger charge is -2.02. The molecule has 0 aliphatic rings. The molecular formula is C9H8BrN3O. The van der Waals surface area contributed by atoms with E-state index in [1.165, 1.54) is 0 Å². The van der Waals surface area contributed by atoms with Gasteiger partial charge < -0.3 is 5.73 Å². The fourth-order valence-corrected chi connectivity index (χ4v) is 1.83. The topological polar surface area (TPSA) is 71.8 Å². The van der Waals surface area contributed by atoms with Gasteiger partial charge >= 0.3 is 0 Å². The summed E-state index contributed by atoms with van der Waals surface area (Å²) in [5.74, 6) is 0.137. The predicted octanol–water partition coefficient (Wildman–Crippen LogP) is 1.58. The number of rotatable bonds is 0. The van der Waals surface area contributed by atoms with Gasteiger partial charge in [-0.05, 0) is 34.5 Å². The largest absolute Gasteiger partial charge is 0.369 e. The Balaban J connectivity index is 3.03. The molecule has 0 unspecified atom stereocenters. The van der Waals surface area contributed by atoms with Crippen molar-refractivity contribution in [2.75, 3.05) is 5.73 Å². The van der Waals surface area contributed by atoms with Crippen molar-refractivity contribution >= 4 is 32.8 Å². The Morgan fingerprint density at radius 2 is 2.21 bits per heavy atom. The first-order chi connectivity index (χ1) is 6.59. The molecule has 0 aliphatic heterocycles. The molecule has 1 heterocycles. The second-order valence-corrected chi connectivity index (χ2v) is 3.83. The van der Waals surface area contributed by atoms with Gasteiger partial charge in [0.05, 0.1) is 10.9 Å². The number of aryl methyl sites for hydroxylation is 1. The van der Waals surface area contributed by atoms with E-state index >= 15 is 0 Å². The summed E-state index contributed by atoms with van der Waals surface area (Å²) in [5, 5.41) is 0.541. The molecule has 3 N–H and O–H groups in total. The van der Waals surface area contributed by atoms with E-state index in [1.54, 1.807) is 6.07 Å². The smallest absolute Gasteiger partial charge is 0.261 e. The molecule has 0 fully saturated rings. The number of H-pyrrole nitrogens is 1. The molecule has 0 saturated carbocycles. The Kier molecular flexibility index (Phi) is 2.03. The van der Waals surface area contributed by atoms with Gasteiger partial charge in [-0.3, -0.25) is 9.78 Å². The predicted molar refractivity (Wildman–Crippen MR) is 59.2 cm³/mol. The van der Waals surface area contributed by atoms with Crippen molar-refractivity contribution in [3.8, 4) is 0 Å². The third-order valence-corrected chi connectivity index (χ3v) is 3.04. The molecule has 0 atom stereocenters. The number of fused-ring (bicyclic) bond motifs is 1. The average molecular weight is 254 g/mol. The molecule has 2 aromatic rings. The van der Waals surface area contributed by atoms with Crippen molar-refractivity contribution < 1.29 is 0 Å². The molecule has 0 radical (unpaired) electrons. The van der Waals surface area contributed by atoms with Gasteiger partial charge in [-0.25, -0.2) is 4.98 Å². The van der Waals surface area contributed by atoms with Crippen molar-refractivity contribution in [3.63, 3.8) is 0 Å². The number of hydrogen-bond acceptors (Lipinski definition) is 3. The normalized spacial score (nSPS) is 10.7. The van der Waals surface area contributed by atoms with Crippen molar-refractivity contribution in [2.45, 2.75) is 6.92 Å². The van der Waals surface area contributed by atoms with Crippen molar-refractivity contribution in [3.05, 3.63) is 32.5 Å². The minimum Gasteiger partial charge on any atom is -0.369 e. The quantitative estimate of drug-likeness (QED) is 0.749. The van der Waals surface area contributed by atoms with E-state index in [0.717, 1.165) is 10.0 Å². The minimum atomic E-state index is -0.219. The van der Waals surface area contributed by atoms with E-state index in [0.29, 0.717) is 10.9 Å². The third kappa shape index (κ3) is 1.29. The second kappa shape index (κ2) is 3.09. The molecule has 2 rings (SSSR count). The highest BCUT2D eigenvalue weighted by molar-refractivity contribution is 9.10. The van der Waals surface area contributed by atoms with E-state index in [1.807, 2.05) is 13.0 Å². The van der Waals surface area contributed by atoms with Gasteiger partial charge in [0, 0.05) is 4.47 Å². The number of aromatic nitrogens is 2. The maximum Gasteiger partial charge on any atom is 0.261 e. The van der Waals surface area contributed by atoms with Crippen LogP contribution in [0.2, 0.25) is 0 Å². The summed E-state index contributed by atoms with van der Waals surface area (Å²) in [6.07, 6.45) is 0. The van der Waals surface area contributed by atoms with E-state index in [4.69, 9.17) is 5.73 Å². The Hall–Kier alpha value is -1.36. The Morgan fingerprint density at radius 3 is 2.93 bits per heavy atom. The lowest BCUT2D eigenvalue weighted by Crippen LogP contribution is -2.11. The average Bonchev–Trinajstić information content (AvgIpc) is 2.10. The molecule has 0 amide bonds. The summed E-state index contributed by atoms with van der Waals surface area (Å²) < 4.78 is 0.767. The fourth-order valence-electron chi connectivity index (χ4n) is 1.32. The van der Waals surface area contributed by atoms with Crippen LogP contribution in [0, 0.1) is 6.92 Å². The number of nitrogen functional groups attached to an aromatic ring is 1. The highest BCUT2D eigenvalue weighted by atomic mass is 79.9. The van der Waals surface area contributed by atoms with Gasteiger partial charge in [0.25, 0.3) is 5.56 Å². The Bertz CT molecular complexity index is 562. The van der Waals surface area contributed by atoms with Gasteiger partial charge in [0.15, 0.2) is 0 Å². The first-order valence-electron chi connectivity index (χ1n) is 4.04. The first-order valence-corrected chi connectivity index (χ1v) is 4.83. The number of nitrogens with one attached hydrogen (secondary N) is 1. The molecule has 0 spiro atoms. The summed E-state index contributed by atoms with van der Waals surface area (Å²) in [6.45, 7) is 1.92. The highest BCUT2D eigenvalue weighted by Gasteiger charge is 2.07. The van der Waals surface area contributed by atoms with Gasteiger partial charge in [-0.2, -0.15) is 0 Å². The second-order valence-electron chi connectivity index (χ2n) is 3.04. The van der Waals surface area contributed by atoms with E-state index < -0.39 is 0 Å². The zero-order valence-electron chi connectivity index (χ0n) is 7.47. The molecule has 0 bridgehead atoms. The number of hydrogen-bond donors (Lipinski definition) is 2. The van der Waals surface area contributed by atoms with Gasteiger partial charge in [0.2, 0.25) is 5.95 Å². The zero-order valence-corrected chi connectivity index (χ0v) is 9.05. The molecule has 5 heteroatoms. The highest BCUT2D eigenvalue weighted by Crippen LogP contribution is 2.23. The summed E-state index contributed by atoms with van der Waals surface area (Å²) >= 11 is 3.36. The molecule has 72 valence electrons. The van der Waals surface area contributed by atoms with Crippen LogP contribution in [-0.4, -0.2) is 9.97 Å². The lowest BCUT2D eigenvalue weighted by molar-refractivity contribution is 1.18. The van der Waals surface area contributed by atoms with Crippen molar-refractivity contribution in [1.82, 2.24) is 9.97 Å². The van der Waals surface area contributed by atoms with Crippen molar-refractivity contribution in [2.24, 2.45) is 0 Å². The lowest BCUT2D eigenvalue weighted by atomic mass is 10.2. The van der Waals surface area contributed by atoms with Crippen LogP contribution in [0.4, 0.5) is 5.95 Å². The summed E-state index contributed by atoms with van der Waals surface area (Å²) in [7, 11) is 0. The van der Waals surface area contributed by atoms with E-state index in [-0.39, 0.29) is 11.5 Å². The number of nitrogens with zero attached hydrogens (tertiary/aromatic N) is 1. The fraction of sp³-hybridized carbons (Fsp3) is 0.111. The van der Waals surface area contributed by atoms with Crippen LogP contribution in [0.1, 0.15) is 5.56 Å². The molecule has 4 nitrogen and oxygen atoms in total. The first kappa shape index (κ1) is 9.21. The van der Waals surface area contributed by atoms with Crippen LogP contribution in [0.15, 0.2) is 21.4 Å². The maximum absolute atomic E-state index is 11.6. The number of nitrogens with two attached hydrogens (primary N) is 1. The van der Waals surface area contributed by atoms with Gasteiger partial charge in [0.1, 0.15) is 0 Å². The maximum atomic E-state index is 11.6. The molecular weight excluding hydrogens is 246 g/mol. The summed E-state index contributed by atoms with van der Waals surface area (Å²) in [5.41, 5.74) is 6.81. The monoisotopic (exact) mass is 253 g/mol.